The normalized spacial score (nSPS) is 17.9. The fraction of sp³-hybridized carbons (Fsp3) is 0.900. The minimum atomic E-state index is -0.338. The van der Waals surface area contributed by atoms with Gasteiger partial charge in [0.1, 0.15) is 0 Å². The second kappa shape index (κ2) is 5.98. The monoisotopic (exact) mass is 200 g/mol. The van der Waals surface area contributed by atoms with Crippen LogP contribution in [0.15, 0.2) is 0 Å². The van der Waals surface area contributed by atoms with Crippen LogP contribution in [0.5, 0.6) is 0 Å². The lowest BCUT2D eigenvalue weighted by molar-refractivity contribution is -0.120. The number of rotatable bonds is 7. The molecule has 0 bridgehead atoms. The van der Waals surface area contributed by atoms with Crippen molar-refractivity contribution in [2.75, 3.05) is 19.6 Å². The Balaban J connectivity index is 1.87. The Morgan fingerprint density at radius 3 is 2.86 bits per heavy atom. The van der Waals surface area contributed by atoms with E-state index >= 15 is 0 Å². The van der Waals surface area contributed by atoms with Gasteiger partial charge < -0.3 is 15.7 Å². The highest BCUT2D eigenvalue weighted by Crippen LogP contribution is 2.27. The van der Waals surface area contributed by atoms with E-state index in [0.29, 0.717) is 19.5 Å². The molecule has 1 aliphatic carbocycles. The lowest BCUT2D eigenvalue weighted by Gasteiger charge is -2.07. The largest absolute Gasteiger partial charge is 0.393 e. The molecule has 1 fully saturated rings. The maximum Gasteiger partial charge on any atom is 0.233 e. The highest BCUT2D eigenvalue weighted by atomic mass is 16.3. The molecule has 82 valence electrons. The van der Waals surface area contributed by atoms with E-state index < -0.39 is 0 Å². The number of hydrogen-bond donors (Lipinski definition) is 3. The van der Waals surface area contributed by atoms with Gasteiger partial charge in [-0.2, -0.15) is 0 Å². The molecule has 1 unspecified atom stereocenters. The minimum Gasteiger partial charge on any atom is -0.393 e. The predicted molar refractivity (Wildman–Crippen MR) is 54.9 cm³/mol. The summed E-state index contributed by atoms with van der Waals surface area (Å²) < 4.78 is 0. The van der Waals surface area contributed by atoms with E-state index in [1.807, 2.05) is 0 Å². The molecule has 0 radical (unpaired) electrons. The van der Waals surface area contributed by atoms with Gasteiger partial charge in [-0.15, -0.1) is 0 Å². The summed E-state index contributed by atoms with van der Waals surface area (Å²) in [7, 11) is 0. The molecule has 1 atom stereocenters. The molecule has 1 amide bonds. The van der Waals surface area contributed by atoms with Crippen LogP contribution in [-0.2, 0) is 4.79 Å². The van der Waals surface area contributed by atoms with Crippen molar-refractivity contribution < 1.29 is 9.90 Å². The fourth-order valence-electron chi connectivity index (χ4n) is 1.19. The number of nitrogens with one attached hydrogen (secondary N) is 2. The fourth-order valence-corrected chi connectivity index (χ4v) is 1.19. The maximum atomic E-state index is 11.2. The topological polar surface area (TPSA) is 61.4 Å². The van der Waals surface area contributed by atoms with Crippen molar-refractivity contribution >= 4 is 5.91 Å². The van der Waals surface area contributed by atoms with Gasteiger partial charge in [-0.25, -0.2) is 0 Å². The summed E-state index contributed by atoms with van der Waals surface area (Å²) in [6, 6.07) is 0. The van der Waals surface area contributed by atoms with Crippen molar-refractivity contribution in [3.63, 3.8) is 0 Å². The summed E-state index contributed by atoms with van der Waals surface area (Å²) in [5.74, 6) is 0.826. The molecule has 0 aromatic rings. The third kappa shape index (κ3) is 5.94. The molecular formula is C10H20N2O2. The Morgan fingerprint density at radius 2 is 2.29 bits per heavy atom. The highest BCUT2D eigenvalue weighted by molar-refractivity contribution is 5.77. The quantitative estimate of drug-likeness (QED) is 0.536. The van der Waals surface area contributed by atoms with Crippen LogP contribution in [0.4, 0.5) is 0 Å². The molecule has 1 saturated carbocycles. The van der Waals surface area contributed by atoms with Crippen LogP contribution < -0.4 is 10.6 Å². The van der Waals surface area contributed by atoms with E-state index in [9.17, 15) is 4.79 Å². The van der Waals surface area contributed by atoms with Gasteiger partial charge in [0.05, 0.1) is 12.6 Å². The first-order valence-corrected chi connectivity index (χ1v) is 5.34. The summed E-state index contributed by atoms with van der Waals surface area (Å²) in [5, 5.41) is 14.8. The van der Waals surface area contributed by atoms with Crippen molar-refractivity contribution in [2.24, 2.45) is 5.92 Å². The first-order valence-electron chi connectivity index (χ1n) is 5.34. The molecule has 0 aromatic carbocycles. The van der Waals surface area contributed by atoms with E-state index in [0.717, 1.165) is 12.5 Å². The molecule has 0 aliphatic heterocycles. The molecule has 0 saturated heterocycles. The van der Waals surface area contributed by atoms with Crippen molar-refractivity contribution in [2.45, 2.75) is 32.3 Å². The average molecular weight is 200 g/mol. The van der Waals surface area contributed by atoms with Crippen molar-refractivity contribution in [1.29, 1.82) is 0 Å². The van der Waals surface area contributed by atoms with Gasteiger partial charge in [0.15, 0.2) is 0 Å². The van der Waals surface area contributed by atoms with E-state index in [2.05, 4.69) is 10.6 Å². The van der Waals surface area contributed by atoms with Gasteiger partial charge in [0, 0.05) is 6.54 Å². The van der Waals surface area contributed by atoms with Gasteiger partial charge in [-0.05, 0) is 38.6 Å². The molecule has 14 heavy (non-hydrogen) atoms. The maximum absolute atomic E-state index is 11.2. The van der Waals surface area contributed by atoms with Crippen LogP contribution in [0.25, 0.3) is 0 Å². The van der Waals surface area contributed by atoms with E-state index in [1.54, 1.807) is 6.92 Å². The summed E-state index contributed by atoms with van der Waals surface area (Å²) >= 11 is 0. The summed E-state index contributed by atoms with van der Waals surface area (Å²) in [6.45, 7) is 3.64. The number of carbonyl (C=O) groups excluding carboxylic acids is 1. The minimum absolute atomic E-state index is 0.0197. The van der Waals surface area contributed by atoms with Gasteiger partial charge >= 0.3 is 0 Å². The van der Waals surface area contributed by atoms with Crippen LogP contribution >= 0.6 is 0 Å². The number of aliphatic hydroxyl groups is 1. The molecule has 1 aliphatic rings. The van der Waals surface area contributed by atoms with Gasteiger partial charge in [0.2, 0.25) is 5.91 Å². The molecule has 4 nitrogen and oxygen atoms in total. The Hall–Kier alpha value is -0.610. The Bertz CT molecular complexity index is 169. The molecule has 0 aromatic heterocycles. The standard InChI is InChI=1S/C10H20N2O2/c1-8(13)4-5-12-10(14)7-11-6-9-2-3-9/h8-9,11,13H,2-7H2,1H3,(H,12,14). The summed E-state index contributed by atoms with van der Waals surface area (Å²) in [4.78, 5) is 11.2. The molecule has 1 rings (SSSR count). The van der Waals surface area contributed by atoms with Crippen molar-refractivity contribution in [3.05, 3.63) is 0 Å². The second-order valence-corrected chi connectivity index (χ2v) is 4.06. The van der Waals surface area contributed by atoms with Crippen LogP contribution in [0, 0.1) is 5.92 Å². The highest BCUT2D eigenvalue weighted by Gasteiger charge is 2.20. The van der Waals surface area contributed by atoms with Crippen LogP contribution in [-0.4, -0.2) is 36.8 Å². The molecule has 3 N–H and O–H groups in total. The number of aliphatic hydroxyl groups excluding tert-OH is 1. The lowest BCUT2D eigenvalue weighted by Crippen LogP contribution is -2.35. The van der Waals surface area contributed by atoms with E-state index in [4.69, 9.17) is 5.11 Å². The SMILES string of the molecule is CC(O)CCNC(=O)CNCC1CC1. The van der Waals surface area contributed by atoms with E-state index in [-0.39, 0.29) is 12.0 Å². The molecule has 0 spiro atoms. The van der Waals surface area contributed by atoms with Gasteiger partial charge in [-0.3, -0.25) is 4.79 Å². The first kappa shape index (κ1) is 11.5. The van der Waals surface area contributed by atoms with Crippen LogP contribution in [0.1, 0.15) is 26.2 Å². The first-order chi connectivity index (χ1) is 6.68. The summed E-state index contributed by atoms with van der Waals surface area (Å²) in [5.41, 5.74) is 0. The van der Waals surface area contributed by atoms with Gasteiger partial charge in [-0.1, -0.05) is 0 Å². The zero-order valence-corrected chi connectivity index (χ0v) is 8.75. The smallest absolute Gasteiger partial charge is 0.233 e. The van der Waals surface area contributed by atoms with Gasteiger partial charge in [0.25, 0.3) is 0 Å². The van der Waals surface area contributed by atoms with Crippen molar-refractivity contribution in [3.8, 4) is 0 Å². The molecular weight excluding hydrogens is 180 g/mol. The Morgan fingerprint density at radius 1 is 1.57 bits per heavy atom. The second-order valence-electron chi connectivity index (χ2n) is 4.06. The zero-order chi connectivity index (χ0) is 10.4. The van der Waals surface area contributed by atoms with Crippen LogP contribution in [0.2, 0.25) is 0 Å². The van der Waals surface area contributed by atoms with E-state index in [1.165, 1.54) is 12.8 Å². The average Bonchev–Trinajstić information content (AvgIpc) is 2.87. The predicted octanol–water partition coefficient (Wildman–Crippen LogP) is -0.127. The lowest BCUT2D eigenvalue weighted by atomic mass is 10.3. The third-order valence-electron chi connectivity index (χ3n) is 2.30. The summed E-state index contributed by atoms with van der Waals surface area (Å²) in [6.07, 6.45) is 2.89. The third-order valence-corrected chi connectivity index (χ3v) is 2.30. The Kier molecular flexibility index (Phi) is 4.90. The molecule has 0 heterocycles. The van der Waals surface area contributed by atoms with Crippen LogP contribution in [0.3, 0.4) is 0 Å². The number of carbonyl (C=O) groups is 1. The number of hydrogen-bond acceptors (Lipinski definition) is 3. The number of amides is 1. The van der Waals surface area contributed by atoms with Crippen molar-refractivity contribution in [1.82, 2.24) is 10.6 Å². The Labute approximate surface area is 85.1 Å². The molecule has 4 heteroatoms. The zero-order valence-electron chi connectivity index (χ0n) is 8.75.